The molecule has 0 bridgehead atoms. The standard InChI is InChI=1S/C22H25ClN4O3/c1-15(30-18-6-3-5-16(23)13-18)22(28)26-11-8-17(9-12-26)27-20(14-29-2)25-19-7-4-10-24-21(19)27/h3-7,10,13,15,17H,8-9,11-12,14H2,1-2H3/t15-/m0/s1. The molecule has 1 fully saturated rings. The number of pyridine rings is 1. The summed E-state index contributed by atoms with van der Waals surface area (Å²) in [5.74, 6) is 1.45. The number of benzene rings is 1. The number of halogens is 1. The first kappa shape index (κ1) is 20.6. The van der Waals surface area contributed by atoms with Crippen LogP contribution in [0.1, 0.15) is 31.6 Å². The van der Waals surface area contributed by atoms with E-state index in [1.807, 2.05) is 17.0 Å². The number of hydrogen-bond donors (Lipinski definition) is 0. The maximum atomic E-state index is 12.9. The SMILES string of the molecule is COCc1nc2cccnc2n1C1CCN(C(=O)[C@H](C)Oc2cccc(Cl)c2)CC1. The largest absolute Gasteiger partial charge is 0.481 e. The van der Waals surface area contributed by atoms with Gasteiger partial charge in [-0.2, -0.15) is 0 Å². The van der Waals surface area contributed by atoms with Crippen LogP contribution in [0.25, 0.3) is 11.2 Å². The summed E-state index contributed by atoms with van der Waals surface area (Å²) in [5.41, 5.74) is 1.73. The van der Waals surface area contributed by atoms with Gasteiger partial charge in [0, 0.05) is 37.5 Å². The number of aromatic nitrogens is 3. The van der Waals surface area contributed by atoms with Crippen LogP contribution in [0.4, 0.5) is 0 Å². The Morgan fingerprint density at radius 2 is 2.07 bits per heavy atom. The second-order valence-electron chi connectivity index (χ2n) is 7.45. The van der Waals surface area contributed by atoms with E-state index in [9.17, 15) is 4.79 Å². The number of amides is 1. The van der Waals surface area contributed by atoms with Crippen LogP contribution in [0.5, 0.6) is 5.75 Å². The summed E-state index contributed by atoms with van der Waals surface area (Å²) >= 11 is 6.00. The van der Waals surface area contributed by atoms with Crippen LogP contribution in [-0.4, -0.2) is 51.6 Å². The Morgan fingerprint density at radius 1 is 1.27 bits per heavy atom. The average Bonchev–Trinajstić information content (AvgIpc) is 3.11. The normalized spacial score (nSPS) is 16.0. The molecule has 30 heavy (non-hydrogen) atoms. The minimum absolute atomic E-state index is 0.0147. The third-order valence-electron chi connectivity index (χ3n) is 5.39. The lowest BCUT2D eigenvalue weighted by atomic mass is 10.0. The number of rotatable bonds is 6. The lowest BCUT2D eigenvalue weighted by Gasteiger charge is -2.34. The molecule has 8 heteroatoms. The zero-order chi connectivity index (χ0) is 21.1. The lowest BCUT2D eigenvalue weighted by molar-refractivity contribution is -0.139. The predicted octanol–water partition coefficient (Wildman–Crippen LogP) is 3.86. The van der Waals surface area contributed by atoms with Crippen molar-refractivity contribution in [1.82, 2.24) is 19.4 Å². The van der Waals surface area contributed by atoms with Gasteiger partial charge in [0.05, 0.1) is 0 Å². The van der Waals surface area contributed by atoms with Crippen molar-refractivity contribution in [3.8, 4) is 5.75 Å². The Hall–Kier alpha value is -2.64. The molecule has 0 saturated carbocycles. The van der Waals surface area contributed by atoms with E-state index in [0.29, 0.717) is 30.5 Å². The topological polar surface area (TPSA) is 69.5 Å². The van der Waals surface area contributed by atoms with E-state index in [1.165, 1.54) is 0 Å². The van der Waals surface area contributed by atoms with Gasteiger partial charge in [0.15, 0.2) is 11.8 Å². The van der Waals surface area contributed by atoms with Crippen molar-refractivity contribution in [1.29, 1.82) is 0 Å². The van der Waals surface area contributed by atoms with Crippen molar-refractivity contribution < 1.29 is 14.3 Å². The second-order valence-corrected chi connectivity index (χ2v) is 7.89. The highest BCUT2D eigenvalue weighted by molar-refractivity contribution is 6.30. The summed E-state index contributed by atoms with van der Waals surface area (Å²) in [5, 5.41) is 0.584. The monoisotopic (exact) mass is 428 g/mol. The number of carbonyl (C=O) groups is 1. The molecule has 1 saturated heterocycles. The fourth-order valence-corrected chi connectivity index (χ4v) is 4.17. The minimum atomic E-state index is -0.570. The number of nitrogens with zero attached hydrogens (tertiary/aromatic N) is 4. The van der Waals surface area contributed by atoms with Crippen LogP contribution in [0, 0.1) is 0 Å². The molecule has 0 N–H and O–H groups in total. The van der Waals surface area contributed by atoms with Crippen molar-refractivity contribution in [3.63, 3.8) is 0 Å². The van der Waals surface area contributed by atoms with Crippen molar-refractivity contribution in [2.24, 2.45) is 0 Å². The molecule has 0 spiro atoms. The maximum absolute atomic E-state index is 12.9. The summed E-state index contributed by atoms with van der Waals surface area (Å²) in [6.07, 6.45) is 2.87. The van der Waals surface area contributed by atoms with Crippen LogP contribution >= 0.6 is 11.6 Å². The summed E-state index contributed by atoms with van der Waals surface area (Å²) < 4.78 is 13.3. The number of ether oxygens (including phenoxy) is 2. The molecule has 7 nitrogen and oxygen atoms in total. The molecular formula is C22H25ClN4O3. The molecule has 4 rings (SSSR count). The van der Waals surface area contributed by atoms with Gasteiger partial charge < -0.3 is 18.9 Å². The van der Waals surface area contributed by atoms with Gasteiger partial charge >= 0.3 is 0 Å². The van der Waals surface area contributed by atoms with Crippen LogP contribution < -0.4 is 4.74 Å². The minimum Gasteiger partial charge on any atom is -0.481 e. The predicted molar refractivity (Wildman–Crippen MR) is 115 cm³/mol. The molecule has 158 valence electrons. The Morgan fingerprint density at radius 3 is 2.80 bits per heavy atom. The van der Waals surface area contributed by atoms with E-state index < -0.39 is 6.10 Å². The van der Waals surface area contributed by atoms with Crippen molar-refractivity contribution in [3.05, 3.63) is 53.4 Å². The zero-order valence-corrected chi connectivity index (χ0v) is 17.9. The van der Waals surface area contributed by atoms with Crippen LogP contribution in [0.15, 0.2) is 42.6 Å². The first-order chi connectivity index (χ1) is 14.6. The fraction of sp³-hybridized carbons (Fsp3) is 0.409. The Bertz CT molecular complexity index is 1030. The van der Waals surface area contributed by atoms with E-state index in [4.69, 9.17) is 21.1 Å². The van der Waals surface area contributed by atoms with E-state index >= 15 is 0 Å². The van der Waals surface area contributed by atoms with Gasteiger partial charge in [-0.3, -0.25) is 4.79 Å². The van der Waals surface area contributed by atoms with Gasteiger partial charge in [0.1, 0.15) is 23.7 Å². The maximum Gasteiger partial charge on any atom is 0.263 e. The summed E-state index contributed by atoms with van der Waals surface area (Å²) in [6.45, 7) is 3.52. The molecule has 1 aromatic carbocycles. The number of likely N-dealkylation sites (tertiary alicyclic amines) is 1. The molecule has 0 aliphatic carbocycles. The average molecular weight is 429 g/mol. The quantitative estimate of drug-likeness (QED) is 0.596. The van der Waals surface area contributed by atoms with E-state index in [0.717, 1.165) is 29.8 Å². The smallest absolute Gasteiger partial charge is 0.263 e. The molecule has 3 heterocycles. The first-order valence-corrected chi connectivity index (χ1v) is 10.5. The molecule has 1 amide bonds. The number of methoxy groups -OCH3 is 1. The highest BCUT2D eigenvalue weighted by Crippen LogP contribution is 2.29. The van der Waals surface area contributed by atoms with Crippen LogP contribution in [-0.2, 0) is 16.1 Å². The third-order valence-corrected chi connectivity index (χ3v) is 5.63. The van der Waals surface area contributed by atoms with Gasteiger partial charge in [-0.1, -0.05) is 17.7 Å². The van der Waals surface area contributed by atoms with Gasteiger partial charge in [0.25, 0.3) is 5.91 Å². The molecule has 1 aliphatic heterocycles. The summed E-state index contributed by atoms with van der Waals surface area (Å²) in [6, 6.07) is 11.2. The highest BCUT2D eigenvalue weighted by atomic mass is 35.5. The first-order valence-electron chi connectivity index (χ1n) is 10.1. The van der Waals surface area contributed by atoms with Gasteiger partial charge in [-0.15, -0.1) is 0 Å². The van der Waals surface area contributed by atoms with Crippen LogP contribution in [0.3, 0.4) is 0 Å². The number of fused-ring (bicyclic) bond motifs is 1. The van der Waals surface area contributed by atoms with Crippen molar-refractivity contribution >= 4 is 28.7 Å². The molecule has 0 unspecified atom stereocenters. The molecule has 2 aromatic heterocycles. The number of hydrogen-bond acceptors (Lipinski definition) is 5. The Balaban J connectivity index is 1.43. The third kappa shape index (κ3) is 4.27. The van der Waals surface area contributed by atoms with Gasteiger partial charge in [-0.25, -0.2) is 9.97 Å². The molecule has 0 radical (unpaired) electrons. The molecule has 3 aromatic rings. The summed E-state index contributed by atoms with van der Waals surface area (Å²) in [7, 11) is 1.67. The Kier molecular flexibility index (Phi) is 6.20. The second kappa shape index (κ2) is 9.02. The number of imidazole rings is 1. The fourth-order valence-electron chi connectivity index (χ4n) is 3.99. The van der Waals surface area contributed by atoms with Crippen molar-refractivity contribution in [2.75, 3.05) is 20.2 Å². The van der Waals surface area contributed by atoms with E-state index in [-0.39, 0.29) is 11.9 Å². The summed E-state index contributed by atoms with van der Waals surface area (Å²) in [4.78, 5) is 24.0. The van der Waals surface area contributed by atoms with Crippen LogP contribution in [0.2, 0.25) is 5.02 Å². The number of piperidine rings is 1. The lowest BCUT2D eigenvalue weighted by Crippen LogP contribution is -2.45. The van der Waals surface area contributed by atoms with Gasteiger partial charge in [0.2, 0.25) is 0 Å². The zero-order valence-electron chi connectivity index (χ0n) is 17.1. The Labute approximate surface area is 180 Å². The molecule has 1 aliphatic rings. The number of carbonyl (C=O) groups excluding carboxylic acids is 1. The molecule has 1 atom stereocenters. The molecular weight excluding hydrogens is 404 g/mol. The van der Waals surface area contributed by atoms with E-state index in [1.54, 1.807) is 44.5 Å². The van der Waals surface area contributed by atoms with Crippen molar-refractivity contribution in [2.45, 2.75) is 38.5 Å². The van der Waals surface area contributed by atoms with E-state index in [2.05, 4.69) is 14.5 Å². The van der Waals surface area contributed by atoms with Gasteiger partial charge in [-0.05, 0) is 50.1 Å². The highest BCUT2D eigenvalue weighted by Gasteiger charge is 2.29.